The van der Waals surface area contributed by atoms with Crippen LogP contribution in [0.15, 0.2) is 57.6 Å². The molecule has 0 aliphatic carbocycles. The van der Waals surface area contributed by atoms with E-state index in [0.29, 0.717) is 16.6 Å². The molecule has 1 aromatic heterocycles. The number of benzene rings is 2. The number of hydrogen-bond donors (Lipinski definition) is 4. The molecule has 0 radical (unpaired) electrons. The van der Waals surface area contributed by atoms with E-state index in [2.05, 4.69) is 19.9 Å². The summed E-state index contributed by atoms with van der Waals surface area (Å²) in [6.45, 7) is 3.43. The lowest BCUT2D eigenvalue weighted by Crippen LogP contribution is -2.30. The molecular formula is C18H18N4O5S. The van der Waals surface area contributed by atoms with Crippen LogP contribution in [0.1, 0.15) is 24.2 Å². The van der Waals surface area contributed by atoms with Gasteiger partial charge in [-0.25, -0.2) is 17.9 Å². The third kappa shape index (κ3) is 4.02. The number of sulfonamides is 1. The Balaban J connectivity index is 1.99. The fraction of sp³-hybridized carbons (Fsp3) is 0.167. The Morgan fingerprint density at radius 2 is 1.79 bits per heavy atom. The largest absolute Gasteiger partial charge is 0.493 e. The van der Waals surface area contributed by atoms with Gasteiger partial charge in [0.15, 0.2) is 5.69 Å². The first kappa shape index (κ1) is 19.5. The van der Waals surface area contributed by atoms with Crippen molar-refractivity contribution in [2.45, 2.75) is 24.8 Å². The molecule has 28 heavy (non-hydrogen) atoms. The zero-order valence-electron chi connectivity index (χ0n) is 15.0. The minimum absolute atomic E-state index is 0.0370. The quantitative estimate of drug-likeness (QED) is 0.465. The van der Waals surface area contributed by atoms with Gasteiger partial charge in [0.25, 0.3) is 0 Å². The van der Waals surface area contributed by atoms with Crippen molar-refractivity contribution in [3.63, 3.8) is 0 Å². The van der Waals surface area contributed by atoms with Crippen molar-refractivity contribution in [1.29, 1.82) is 0 Å². The molecule has 0 atom stereocenters. The number of H-pyrrole nitrogens is 1. The normalized spacial score (nSPS) is 12.2. The van der Waals surface area contributed by atoms with E-state index in [1.165, 1.54) is 42.5 Å². The number of nitrogens with zero attached hydrogens (tertiary/aromatic N) is 2. The molecule has 0 fully saturated rings. The van der Waals surface area contributed by atoms with Crippen molar-refractivity contribution >= 4 is 38.3 Å². The number of azo groups is 1. The molecule has 1 heterocycles. The first-order chi connectivity index (χ1) is 13.2. The molecule has 4 N–H and O–H groups in total. The maximum absolute atomic E-state index is 12.4. The van der Waals surface area contributed by atoms with Crippen LogP contribution < -0.4 is 4.72 Å². The maximum atomic E-state index is 12.4. The average molecular weight is 402 g/mol. The number of hydrogen-bond acceptors (Lipinski definition) is 6. The highest BCUT2D eigenvalue weighted by Gasteiger charge is 2.18. The molecule has 0 amide bonds. The molecule has 2 aromatic carbocycles. The molecule has 3 rings (SSSR count). The zero-order chi connectivity index (χ0) is 20.5. The Morgan fingerprint density at radius 3 is 2.39 bits per heavy atom. The summed E-state index contributed by atoms with van der Waals surface area (Å²) in [5, 5.41) is 27.4. The van der Waals surface area contributed by atoms with Gasteiger partial charge in [-0.1, -0.05) is 0 Å². The molecule has 146 valence electrons. The van der Waals surface area contributed by atoms with Crippen LogP contribution in [-0.4, -0.2) is 35.6 Å². The van der Waals surface area contributed by atoms with E-state index in [9.17, 15) is 18.3 Å². The maximum Gasteiger partial charge on any atom is 0.335 e. The van der Waals surface area contributed by atoms with Gasteiger partial charge in [0.05, 0.1) is 21.7 Å². The predicted octanol–water partition coefficient (Wildman–Crippen LogP) is 3.67. The first-order valence-electron chi connectivity index (χ1n) is 8.29. The average Bonchev–Trinajstić information content (AvgIpc) is 2.93. The molecule has 10 heteroatoms. The van der Waals surface area contributed by atoms with Crippen molar-refractivity contribution in [3.05, 3.63) is 48.0 Å². The predicted molar refractivity (Wildman–Crippen MR) is 103 cm³/mol. The number of aromatic nitrogens is 1. The van der Waals surface area contributed by atoms with Gasteiger partial charge in [-0.3, -0.25) is 0 Å². The van der Waals surface area contributed by atoms with Gasteiger partial charge in [0.2, 0.25) is 15.9 Å². The standard InChI is InChI=1S/C18H18N4O5S/c1-10(2)22-28(26,27)13-7-8-15-14(9-13)16(17(23)19-15)21-20-12-5-3-11(4-6-12)18(24)25/h3-10,19,22-23H,1-2H3,(H,24,25). The van der Waals surface area contributed by atoms with Crippen LogP contribution >= 0.6 is 0 Å². The van der Waals surface area contributed by atoms with Crippen LogP contribution in [-0.2, 0) is 10.0 Å². The van der Waals surface area contributed by atoms with Gasteiger partial charge in [-0.15, -0.1) is 5.11 Å². The van der Waals surface area contributed by atoms with E-state index < -0.39 is 16.0 Å². The fourth-order valence-corrected chi connectivity index (χ4v) is 3.84. The number of nitrogens with one attached hydrogen (secondary N) is 2. The van der Waals surface area contributed by atoms with Crippen LogP contribution in [0.2, 0.25) is 0 Å². The monoisotopic (exact) mass is 402 g/mol. The SMILES string of the molecule is CC(C)NS(=O)(=O)c1ccc2[nH]c(O)c(N=Nc3ccc(C(=O)O)cc3)c2c1. The lowest BCUT2D eigenvalue weighted by atomic mass is 10.2. The number of aromatic hydroxyl groups is 1. The number of carbonyl (C=O) groups is 1. The van der Waals surface area contributed by atoms with E-state index in [1.54, 1.807) is 13.8 Å². The lowest BCUT2D eigenvalue weighted by Gasteiger charge is -2.09. The molecule has 0 saturated heterocycles. The first-order valence-corrected chi connectivity index (χ1v) is 9.78. The van der Waals surface area contributed by atoms with E-state index in [1.807, 2.05) is 0 Å². The van der Waals surface area contributed by atoms with Crippen LogP contribution in [0, 0.1) is 0 Å². The molecule has 0 saturated carbocycles. The van der Waals surface area contributed by atoms with Gasteiger partial charge in [-0.05, 0) is 56.3 Å². The van der Waals surface area contributed by atoms with Gasteiger partial charge in [0.1, 0.15) is 0 Å². The van der Waals surface area contributed by atoms with Crippen LogP contribution in [0.25, 0.3) is 10.9 Å². The van der Waals surface area contributed by atoms with E-state index in [4.69, 9.17) is 5.11 Å². The van der Waals surface area contributed by atoms with Crippen molar-refractivity contribution in [3.8, 4) is 5.88 Å². The van der Waals surface area contributed by atoms with Crippen molar-refractivity contribution < 1.29 is 23.4 Å². The van der Waals surface area contributed by atoms with Gasteiger partial charge in [-0.2, -0.15) is 5.11 Å². The van der Waals surface area contributed by atoms with Gasteiger partial charge < -0.3 is 15.2 Å². The molecule has 0 spiro atoms. The van der Waals surface area contributed by atoms with Crippen LogP contribution in [0.5, 0.6) is 5.88 Å². The summed E-state index contributed by atoms with van der Waals surface area (Å²) in [4.78, 5) is 13.6. The Labute approximate surface area is 160 Å². The second-order valence-electron chi connectivity index (χ2n) is 6.36. The summed E-state index contributed by atoms with van der Waals surface area (Å²) in [5.74, 6) is -1.31. The number of carboxylic acids is 1. The zero-order valence-corrected chi connectivity index (χ0v) is 15.9. The smallest absolute Gasteiger partial charge is 0.335 e. The van der Waals surface area contributed by atoms with Gasteiger partial charge in [0, 0.05) is 11.4 Å². The topological polar surface area (TPSA) is 144 Å². The minimum Gasteiger partial charge on any atom is -0.493 e. The third-order valence-corrected chi connectivity index (χ3v) is 5.46. The Bertz CT molecular complexity index is 1160. The number of fused-ring (bicyclic) bond motifs is 1. The minimum atomic E-state index is -3.71. The number of carboxylic acid groups (broad SMARTS) is 1. The van der Waals surface area contributed by atoms with Crippen molar-refractivity contribution in [2.24, 2.45) is 10.2 Å². The summed E-state index contributed by atoms with van der Waals surface area (Å²) < 4.78 is 27.3. The molecule has 0 bridgehead atoms. The Hall–Kier alpha value is -3.24. The molecule has 0 aliphatic heterocycles. The molecule has 3 aromatic rings. The molecule has 0 unspecified atom stereocenters. The van der Waals surface area contributed by atoms with Crippen LogP contribution in [0.4, 0.5) is 11.4 Å². The molecular weight excluding hydrogens is 384 g/mol. The summed E-state index contributed by atoms with van der Waals surface area (Å²) in [6, 6.07) is 9.80. The lowest BCUT2D eigenvalue weighted by molar-refractivity contribution is 0.0697. The second-order valence-corrected chi connectivity index (χ2v) is 8.07. The molecule has 9 nitrogen and oxygen atoms in total. The van der Waals surface area contributed by atoms with Crippen molar-refractivity contribution in [1.82, 2.24) is 9.71 Å². The summed E-state index contributed by atoms with van der Waals surface area (Å²) >= 11 is 0. The van der Waals surface area contributed by atoms with Crippen molar-refractivity contribution in [2.75, 3.05) is 0 Å². The number of aromatic amines is 1. The second kappa shape index (κ2) is 7.41. The summed E-state index contributed by atoms with van der Waals surface area (Å²) in [7, 11) is -3.71. The Kier molecular flexibility index (Phi) is 5.16. The Morgan fingerprint density at radius 1 is 1.11 bits per heavy atom. The highest BCUT2D eigenvalue weighted by molar-refractivity contribution is 7.89. The van der Waals surface area contributed by atoms with Crippen LogP contribution in [0.3, 0.4) is 0 Å². The third-order valence-electron chi connectivity index (χ3n) is 3.80. The highest BCUT2D eigenvalue weighted by atomic mass is 32.2. The van der Waals surface area contributed by atoms with E-state index in [-0.39, 0.29) is 28.1 Å². The fourth-order valence-electron chi connectivity index (χ4n) is 2.57. The summed E-state index contributed by atoms with van der Waals surface area (Å²) in [6.07, 6.45) is 0. The van der Waals surface area contributed by atoms with Gasteiger partial charge >= 0.3 is 5.97 Å². The van der Waals surface area contributed by atoms with E-state index >= 15 is 0 Å². The molecule has 0 aliphatic rings. The van der Waals surface area contributed by atoms with E-state index in [0.717, 1.165) is 0 Å². The number of aromatic carboxylic acids is 1. The summed E-state index contributed by atoms with van der Waals surface area (Å²) in [5.41, 5.74) is 1.07. The highest BCUT2D eigenvalue weighted by Crippen LogP contribution is 2.37. The number of rotatable bonds is 6.